The van der Waals surface area contributed by atoms with E-state index < -0.39 is 23.5 Å². The van der Waals surface area contributed by atoms with E-state index in [4.69, 9.17) is 21.7 Å². The normalized spacial score (nSPS) is 12.2. The maximum absolute atomic E-state index is 12.6. The summed E-state index contributed by atoms with van der Waals surface area (Å²) in [6.07, 6.45) is 3.22. The Labute approximate surface area is 199 Å². The highest BCUT2D eigenvalue weighted by molar-refractivity contribution is 7.71. The highest BCUT2D eigenvalue weighted by Gasteiger charge is 2.21. The van der Waals surface area contributed by atoms with Crippen molar-refractivity contribution in [1.29, 1.82) is 0 Å². The molecule has 0 aliphatic carbocycles. The van der Waals surface area contributed by atoms with Crippen LogP contribution in [0.5, 0.6) is 11.6 Å². The lowest BCUT2D eigenvalue weighted by Crippen LogP contribution is -2.24. The van der Waals surface area contributed by atoms with Crippen LogP contribution in [0.3, 0.4) is 0 Å². The summed E-state index contributed by atoms with van der Waals surface area (Å²) >= 11 is 5.24. The molecule has 0 aliphatic rings. The van der Waals surface area contributed by atoms with Gasteiger partial charge in [0, 0.05) is 29.7 Å². The van der Waals surface area contributed by atoms with Gasteiger partial charge >= 0.3 is 5.97 Å². The minimum absolute atomic E-state index is 0.00753. The molecule has 0 amide bonds. The van der Waals surface area contributed by atoms with E-state index in [1.54, 1.807) is 31.4 Å². The van der Waals surface area contributed by atoms with Gasteiger partial charge in [-0.3, -0.25) is 19.3 Å². The van der Waals surface area contributed by atoms with Gasteiger partial charge in [-0.1, -0.05) is 18.2 Å². The van der Waals surface area contributed by atoms with E-state index in [9.17, 15) is 14.7 Å². The number of hydrogen-bond donors (Lipinski definition) is 3. The van der Waals surface area contributed by atoms with Gasteiger partial charge in [-0.05, 0) is 48.1 Å². The minimum Gasteiger partial charge on any atom is -0.497 e. The fourth-order valence-electron chi connectivity index (χ4n) is 3.63. The predicted octanol–water partition coefficient (Wildman–Crippen LogP) is 3.29. The standard InChI is InChI=1S/C24H22N4O5S/c1-32-16-9-7-15(8-10-16)28-22(30)18(21(29)27-24(28)34)13-26-20(23(31)33-2)11-14-12-25-19-6-4-3-5-17(14)19/h3-10,12-13,20,25,30H,11H2,1-2H3,(H,27,29,34). The summed E-state index contributed by atoms with van der Waals surface area (Å²) in [5.74, 6) is -0.349. The predicted molar refractivity (Wildman–Crippen MR) is 131 cm³/mol. The first-order valence-electron chi connectivity index (χ1n) is 10.3. The Morgan fingerprint density at radius 1 is 1.21 bits per heavy atom. The summed E-state index contributed by atoms with van der Waals surface area (Å²) in [5, 5.41) is 11.8. The van der Waals surface area contributed by atoms with Crippen molar-refractivity contribution in [3.05, 3.63) is 81.0 Å². The number of carbonyl (C=O) groups is 1. The van der Waals surface area contributed by atoms with Crippen LogP contribution in [0.4, 0.5) is 0 Å². The minimum atomic E-state index is -0.930. The molecule has 1 atom stereocenters. The quantitative estimate of drug-likeness (QED) is 0.213. The number of H-pyrrole nitrogens is 2. The van der Waals surface area contributed by atoms with Crippen LogP contribution in [0.2, 0.25) is 0 Å². The van der Waals surface area contributed by atoms with Gasteiger partial charge in [0.1, 0.15) is 11.3 Å². The number of carbonyl (C=O) groups excluding carboxylic acids is 1. The Morgan fingerprint density at radius 3 is 2.65 bits per heavy atom. The number of aromatic hydroxyl groups is 1. The molecule has 3 N–H and O–H groups in total. The lowest BCUT2D eigenvalue weighted by molar-refractivity contribution is -0.142. The molecule has 1 unspecified atom stereocenters. The molecule has 0 saturated heterocycles. The zero-order chi connectivity index (χ0) is 24.2. The lowest BCUT2D eigenvalue weighted by Gasteiger charge is -2.13. The van der Waals surface area contributed by atoms with E-state index in [1.807, 2.05) is 30.5 Å². The molecule has 0 aliphatic heterocycles. The molecule has 34 heavy (non-hydrogen) atoms. The number of para-hydroxylation sites is 1. The van der Waals surface area contributed by atoms with Crippen molar-refractivity contribution < 1.29 is 19.4 Å². The van der Waals surface area contributed by atoms with Gasteiger partial charge in [-0.2, -0.15) is 0 Å². The van der Waals surface area contributed by atoms with Crippen LogP contribution in [-0.2, 0) is 16.0 Å². The van der Waals surface area contributed by atoms with E-state index in [0.29, 0.717) is 11.4 Å². The van der Waals surface area contributed by atoms with Crippen molar-refractivity contribution in [2.75, 3.05) is 14.2 Å². The average molecular weight is 479 g/mol. The third-order valence-corrected chi connectivity index (χ3v) is 5.68. The second-order valence-electron chi connectivity index (χ2n) is 7.41. The molecule has 0 saturated carbocycles. The summed E-state index contributed by atoms with van der Waals surface area (Å²) in [4.78, 5) is 35.0. The van der Waals surface area contributed by atoms with Crippen LogP contribution < -0.4 is 10.3 Å². The van der Waals surface area contributed by atoms with Gasteiger partial charge in [-0.25, -0.2) is 4.79 Å². The van der Waals surface area contributed by atoms with Crippen molar-refractivity contribution in [3.8, 4) is 17.3 Å². The number of nitrogens with zero attached hydrogens (tertiary/aromatic N) is 2. The zero-order valence-electron chi connectivity index (χ0n) is 18.4. The second kappa shape index (κ2) is 9.75. The van der Waals surface area contributed by atoms with E-state index in [1.165, 1.54) is 17.9 Å². The molecule has 2 aromatic carbocycles. The Bertz CT molecular complexity index is 1480. The molecule has 4 aromatic rings. The number of aromatic nitrogens is 3. The van der Waals surface area contributed by atoms with Crippen molar-refractivity contribution in [1.82, 2.24) is 14.5 Å². The topological polar surface area (TPSA) is 122 Å². The number of aliphatic imine (C=N–C) groups is 1. The molecule has 10 heteroatoms. The molecule has 0 radical (unpaired) electrons. The summed E-state index contributed by atoms with van der Waals surface area (Å²) < 4.78 is 11.4. The van der Waals surface area contributed by atoms with Crippen molar-refractivity contribution >= 4 is 35.3 Å². The van der Waals surface area contributed by atoms with Gasteiger partial charge in [0.05, 0.1) is 19.9 Å². The maximum Gasteiger partial charge on any atom is 0.330 e. The summed E-state index contributed by atoms with van der Waals surface area (Å²) in [6, 6.07) is 13.5. The Kier molecular flexibility index (Phi) is 6.60. The zero-order valence-corrected chi connectivity index (χ0v) is 19.3. The van der Waals surface area contributed by atoms with Crippen LogP contribution in [0, 0.1) is 4.77 Å². The first-order valence-corrected chi connectivity index (χ1v) is 10.7. The SMILES string of the molecule is COC(=O)C(Cc1c[nH]c2ccccc12)N=Cc1c(O)n(-c2ccc(OC)cc2)c(=S)[nH]c1=O. The van der Waals surface area contributed by atoms with Crippen LogP contribution in [0.1, 0.15) is 11.1 Å². The number of rotatable bonds is 7. The number of fused-ring (bicyclic) bond motifs is 1. The largest absolute Gasteiger partial charge is 0.497 e. The van der Waals surface area contributed by atoms with Crippen LogP contribution in [0.15, 0.2) is 64.5 Å². The molecular formula is C24H22N4O5S. The Hall–Kier alpha value is -4.18. The smallest absolute Gasteiger partial charge is 0.330 e. The van der Waals surface area contributed by atoms with Gasteiger partial charge in [0.2, 0.25) is 5.88 Å². The molecular weight excluding hydrogens is 456 g/mol. The molecule has 0 bridgehead atoms. The van der Waals surface area contributed by atoms with E-state index in [-0.39, 0.29) is 16.8 Å². The van der Waals surface area contributed by atoms with Gasteiger partial charge in [0.15, 0.2) is 10.8 Å². The fourth-order valence-corrected chi connectivity index (χ4v) is 3.92. The molecule has 4 rings (SSSR count). The summed E-state index contributed by atoms with van der Waals surface area (Å²) in [7, 11) is 2.81. The molecule has 174 valence electrons. The number of methoxy groups -OCH3 is 2. The van der Waals surface area contributed by atoms with Crippen LogP contribution in [0.25, 0.3) is 16.6 Å². The lowest BCUT2D eigenvalue weighted by atomic mass is 10.1. The molecule has 9 nitrogen and oxygen atoms in total. The Balaban J connectivity index is 1.71. The number of benzene rings is 2. The second-order valence-corrected chi connectivity index (χ2v) is 7.80. The van der Waals surface area contributed by atoms with E-state index in [2.05, 4.69) is 15.0 Å². The monoisotopic (exact) mass is 478 g/mol. The number of ether oxygens (including phenoxy) is 2. The third kappa shape index (κ3) is 4.48. The first kappa shape index (κ1) is 23.0. The molecule has 2 heterocycles. The number of aromatic amines is 2. The summed E-state index contributed by atoms with van der Waals surface area (Å²) in [5.41, 5.74) is 1.54. The first-order chi connectivity index (χ1) is 16.4. The molecule has 0 fully saturated rings. The van der Waals surface area contributed by atoms with Gasteiger partial charge in [-0.15, -0.1) is 0 Å². The number of hydrogen-bond acceptors (Lipinski definition) is 7. The highest BCUT2D eigenvalue weighted by atomic mass is 32.1. The molecule has 0 spiro atoms. The van der Waals surface area contributed by atoms with E-state index in [0.717, 1.165) is 16.5 Å². The van der Waals surface area contributed by atoms with Gasteiger partial charge < -0.3 is 19.6 Å². The number of esters is 1. The van der Waals surface area contributed by atoms with Crippen LogP contribution in [-0.4, -0.2) is 52.1 Å². The average Bonchev–Trinajstić information content (AvgIpc) is 3.25. The van der Waals surface area contributed by atoms with Crippen molar-refractivity contribution in [2.45, 2.75) is 12.5 Å². The van der Waals surface area contributed by atoms with Gasteiger partial charge in [0.25, 0.3) is 5.56 Å². The third-order valence-electron chi connectivity index (χ3n) is 5.40. The van der Waals surface area contributed by atoms with Crippen LogP contribution >= 0.6 is 12.2 Å². The Morgan fingerprint density at radius 2 is 1.94 bits per heavy atom. The molecule has 2 aromatic heterocycles. The van der Waals surface area contributed by atoms with Crippen molar-refractivity contribution in [2.24, 2.45) is 4.99 Å². The fraction of sp³-hybridized carbons (Fsp3) is 0.167. The maximum atomic E-state index is 12.6. The van der Waals surface area contributed by atoms with Crippen molar-refractivity contribution in [3.63, 3.8) is 0 Å². The van der Waals surface area contributed by atoms with E-state index >= 15 is 0 Å². The highest BCUT2D eigenvalue weighted by Crippen LogP contribution is 2.22. The number of nitrogens with one attached hydrogen (secondary N) is 2. The summed E-state index contributed by atoms with van der Waals surface area (Å²) in [6.45, 7) is 0.